The molecule has 0 aliphatic rings. The Morgan fingerprint density at radius 3 is 2.74 bits per heavy atom. The number of hydrogen-bond acceptors (Lipinski definition) is 7. The third-order valence-electron chi connectivity index (χ3n) is 2.83. The van der Waals surface area contributed by atoms with Crippen LogP contribution >= 0.6 is 23.2 Å². The molecule has 124 valence electrons. The fourth-order valence-corrected chi connectivity index (χ4v) is 3.30. The van der Waals surface area contributed by atoms with Gasteiger partial charge in [0.2, 0.25) is 11.7 Å². The van der Waals surface area contributed by atoms with Gasteiger partial charge in [0.25, 0.3) is 0 Å². The number of carbonyl (C=O) groups excluding carboxylic acids is 1. The summed E-state index contributed by atoms with van der Waals surface area (Å²) in [5.74, 6) is -1.37. The number of benzene rings is 1. The van der Waals surface area contributed by atoms with Crippen molar-refractivity contribution in [2.75, 3.05) is 12.9 Å². The molecule has 0 unspecified atom stereocenters. The van der Waals surface area contributed by atoms with Crippen molar-refractivity contribution in [3.8, 4) is 11.4 Å². The van der Waals surface area contributed by atoms with Gasteiger partial charge in [0.1, 0.15) is 5.75 Å². The van der Waals surface area contributed by atoms with Crippen LogP contribution in [0.25, 0.3) is 11.4 Å². The monoisotopic (exact) mass is 378 g/mol. The van der Waals surface area contributed by atoms with Gasteiger partial charge in [-0.05, 0) is 18.2 Å². The van der Waals surface area contributed by atoms with E-state index in [4.69, 9.17) is 27.7 Å². The molecule has 0 spiro atoms. The maximum atomic E-state index is 11.9. The number of rotatable bonds is 6. The fraction of sp³-hybridized carbons (Fsp3) is 0.308. The number of carbonyl (C=O) groups is 1. The van der Waals surface area contributed by atoms with Gasteiger partial charge in [-0.2, -0.15) is 4.98 Å². The minimum Gasteiger partial charge on any atom is -0.469 e. The maximum Gasteiger partial charge on any atom is 0.306 e. The highest BCUT2D eigenvalue weighted by Gasteiger charge is 2.20. The highest BCUT2D eigenvalue weighted by molar-refractivity contribution is 7.90. The van der Waals surface area contributed by atoms with Crippen LogP contribution in [0, 0.1) is 0 Å². The second kappa shape index (κ2) is 7.29. The van der Waals surface area contributed by atoms with E-state index in [0.29, 0.717) is 15.6 Å². The normalized spacial score (nSPS) is 11.4. The molecule has 0 amide bonds. The lowest BCUT2D eigenvalue weighted by molar-refractivity contribution is -0.140. The summed E-state index contributed by atoms with van der Waals surface area (Å²) in [6.45, 7) is 0. The molecule has 0 saturated heterocycles. The topological polar surface area (TPSA) is 99.4 Å². The summed E-state index contributed by atoms with van der Waals surface area (Å²) in [6.07, 6.45) is -0.233. The molecule has 1 aromatic carbocycles. The minimum atomic E-state index is -3.58. The molecular formula is C13H12Cl2N2O5S. The van der Waals surface area contributed by atoms with Crippen molar-refractivity contribution in [3.63, 3.8) is 0 Å². The Balaban J connectivity index is 2.11. The van der Waals surface area contributed by atoms with Gasteiger partial charge in [-0.25, -0.2) is 8.42 Å². The first kappa shape index (κ1) is 17.7. The van der Waals surface area contributed by atoms with Crippen molar-refractivity contribution < 1.29 is 22.5 Å². The highest BCUT2D eigenvalue weighted by Crippen LogP contribution is 2.28. The van der Waals surface area contributed by atoms with Gasteiger partial charge in [-0.1, -0.05) is 28.4 Å². The maximum absolute atomic E-state index is 11.9. The smallest absolute Gasteiger partial charge is 0.306 e. The van der Waals surface area contributed by atoms with Crippen LogP contribution in [-0.4, -0.2) is 37.4 Å². The number of hydrogen-bond donors (Lipinski definition) is 0. The molecule has 7 nitrogen and oxygen atoms in total. The Kier molecular flexibility index (Phi) is 5.61. The average molecular weight is 379 g/mol. The number of aromatic nitrogens is 2. The lowest BCUT2D eigenvalue weighted by atomic mass is 10.2. The van der Waals surface area contributed by atoms with Gasteiger partial charge in [-0.15, -0.1) is 0 Å². The highest BCUT2D eigenvalue weighted by atomic mass is 35.5. The van der Waals surface area contributed by atoms with Crippen LogP contribution < -0.4 is 0 Å². The summed E-state index contributed by atoms with van der Waals surface area (Å²) in [6, 6.07) is 4.72. The van der Waals surface area contributed by atoms with Crippen molar-refractivity contribution in [3.05, 3.63) is 34.1 Å². The molecule has 23 heavy (non-hydrogen) atoms. The summed E-state index contributed by atoms with van der Waals surface area (Å²) >= 11 is 11.8. The zero-order valence-electron chi connectivity index (χ0n) is 12.0. The Morgan fingerprint density at radius 1 is 1.35 bits per heavy atom. The summed E-state index contributed by atoms with van der Waals surface area (Å²) in [4.78, 5) is 15.0. The van der Waals surface area contributed by atoms with E-state index in [0.717, 1.165) is 0 Å². The van der Waals surface area contributed by atoms with E-state index in [2.05, 4.69) is 14.9 Å². The molecule has 0 atom stereocenters. The number of ether oxygens (including phenoxy) is 1. The Labute approximate surface area is 142 Å². The van der Waals surface area contributed by atoms with Crippen LogP contribution in [0.3, 0.4) is 0 Å². The minimum absolute atomic E-state index is 0.0871. The Hall–Kier alpha value is -1.64. The zero-order chi connectivity index (χ0) is 17.0. The quantitative estimate of drug-likeness (QED) is 0.711. The van der Waals surface area contributed by atoms with Crippen LogP contribution in [-0.2, 0) is 25.1 Å². The predicted molar refractivity (Wildman–Crippen MR) is 83.9 cm³/mol. The van der Waals surface area contributed by atoms with E-state index in [1.807, 2.05) is 0 Å². The first-order valence-electron chi connectivity index (χ1n) is 6.36. The second-order valence-corrected chi connectivity index (χ2v) is 7.58. The predicted octanol–water partition coefficient (Wildman–Crippen LogP) is 2.52. The molecule has 0 aliphatic carbocycles. The SMILES string of the molecule is COC(=O)CCS(=O)(=O)Cc1nc(-c2ccc(Cl)cc2Cl)no1. The number of sulfone groups is 1. The molecule has 2 rings (SSSR count). The standard InChI is InChI=1S/C13H12Cl2N2O5S/c1-21-12(18)4-5-23(19,20)7-11-16-13(17-22-11)9-3-2-8(14)6-10(9)15/h2-3,6H,4-5,7H2,1H3. The average Bonchev–Trinajstić information content (AvgIpc) is 2.92. The van der Waals surface area contributed by atoms with Crippen LogP contribution in [0.2, 0.25) is 10.0 Å². The zero-order valence-corrected chi connectivity index (χ0v) is 14.3. The first-order valence-corrected chi connectivity index (χ1v) is 8.94. The number of nitrogens with zero attached hydrogens (tertiary/aromatic N) is 2. The fourth-order valence-electron chi connectivity index (χ4n) is 1.69. The number of esters is 1. The summed E-state index contributed by atoms with van der Waals surface area (Å²) in [7, 11) is -2.39. The molecule has 0 radical (unpaired) electrons. The second-order valence-electron chi connectivity index (χ2n) is 4.55. The van der Waals surface area contributed by atoms with Crippen molar-refractivity contribution in [2.45, 2.75) is 12.2 Å². The molecule has 0 N–H and O–H groups in total. The molecule has 0 bridgehead atoms. The van der Waals surface area contributed by atoms with Crippen molar-refractivity contribution in [1.29, 1.82) is 0 Å². The lowest BCUT2D eigenvalue weighted by Crippen LogP contribution is -2.14. The lowest BCUT2D eigenvalue weighted by Gasteiger charge is -2.00. The van der Waals surface area contributed by atoms with Gasteiger partial charge in [0, 0.05) is 10.6 Å². The Bertz CT molecular complexity index is 820. The molecule has 0 fully saturated rings. The van der Waals surface area contributed by atoms with Gasteiger partial charge < -0.3 is 9.26 Å². The van der Waals surface area contributed by atoms with Gasteiger partial charge in [-0.3, -0.25) is 4.79 Å². The van der Waals surface area contributed by atoms with Crippen molar-refractivity contribution in [1.82, 2.24) is 10.1 Å². The molecule has 0 saturated carbocycles. The molecular weight excluding hydrogens is 367 g/mol. The van der Waals surface area contributed by atoms with Crippen molar-refractivity contribution >= 4 is 39.0 Å². The first-order chi connectivity index (χ1) is 10.8. The molecule has 0 aliphatic heterocycles. The third-order valence-corrected chi connectivity index (χ3v) is 4.89. The van der Waals surface area contributed by atoms with Crippen LogP contribution in [0.15, 0.2) is 22.7 Å². The van der Waals surface area contributed by atoms with E-state index in [1.165, 1.54) is 13.2 Å². The van der Waals surface area contributed by atoms with Gasteiger partial charge in [0.05, 0.1) is 24.3 Å². The third kappa shape index (κ3) is 4.92. The van der Waals surface area contributed by atoms with E-state index < -0.39 is 21.6 Å². The largest absolute Gasteiger partial charge is 0.469 e. The number of halogens is 2. The van der Waals surface area contributed by atoms with E-state index >= 15 is 0 Å². The van der Waals surface area contributed by atoms with Crippen LogP contribution in [0.5, 0.6) is 0 Å². The summed E-state index contributed by atoms with van der Waals surface area (Å²) in [5, 5.41) is 4.47. The van der Waals surface area contributed by atoms with Crippen LogP contribution in [0.1, 0.15) is 12.3 Å². The van der Waals surface area contributed by atoms with Gasteiger partial charge >= 0.3 is 5.97 Å². The van der Waals surface area contributed by atoms with Crippen molar-refractivity contribution in [2.24, 2.45) is 0 Å². The molecule has 1 heterocycles. The number of methoxy groups -OCH3 is 1. The van der Waals surface area contributed by atoms with Crippen LogP contribution in [0.4, 0.5) is 0 Å². The molecule has 10 heteroatoms. The molecule has 1 aromatic heterocycles. The Morgan fingerprint density at radius 2 is 2.09 bits per heavy atom. The van der Waals surface area contributed by atoms with E-state index in [-0.39, 0.29) is 23.9 Å². The van der Waals surface area contributed by atoms with E-state index in [9.17, 15) is 13.2 Å². The van der Waals surface area contributed by atoms with E-state index in [1.54, 1.807) is 12.1 Å². The molecule has 2 aromatic rings. The summed E-state index contributed by atoms with van der Waals surface area (Å²) in [5.41, 5.74) is 0.470. The van der Waals surface area contributed by atoms with Gasteiger partial charge in [0.15, 0.2) is 9.84 Å². The summed E-state index contributed by atoms with van der Waals surface area (Å²) < 4.78 is 33.1.